The van der Waals surface area contributed by atoms with E-state index in [1.165, 1.54) is 5.56 Å². The summed E-state index contributed by atoms with van der Waals surface area (Å²) in [5, 5.41) is 12.7. The van der Waals surface area contributed by atoms with Gasteiger partial charge in [-0.25, -0.2) is 0 Å². The molecule has 0 aromatic heterocycles. The lowest BCUT2D eigenvalue weighted by Gasteiger charge is -2.32. The Labute approximate surface area is 128 Å². The summed E-state index contributed by atoms with van der Waals surface area (Å²) < 4.78 is 0. The number of hydrogen-bond donors (Lipinski definition) is 2. The van der Waals surface area contributed by atoms with Gasteiger partial charge < -0.3 is 15.8 Å². The van der Waals surface area contributed by atoms with E-state index in [0.29, 0.717) is 10.6 Å². The highest BCUT2D eigenvalue weighted by Crippen LogP contribution is 2.36. The summed E-state index contributed by atoms with van der Waals surface area (Å²) in [6, 6.07) is 13.7. The molecule has 4 nitrogen and oxygen atoms in total. The number of halogens is 1. The number of para-hydroxylation sites is 1. The molecular formula is C16H16ClN3O. The number of nitrogens with two attached hydrogens (primary N) is 1. The fourth-order valence-electron chi connectivity index (χ4n) is 2.78. The third kappa shape index (κ3) is 2.54. The Morgan fingerprint density at radius 1 is 1.19 bits per heavy atom. The Kier molecular flexibility index (Phi) is 3.71. The molecule has 5 heteroatoms. The Bertz CT molecular complexity index is 700. The van der Waals surface area contributed by atoms with E-state index in [9.17, 15) is 0 Å². The standard InChI is InChI=1S/C16H16ClN3O/c17-12-7-8-13(16(18)19-21)15(10-12)20-9-3-5-11-4-1-2-6-14(11)20/h1-2,4,6-8,10,21H,3,5,9H2,(H2,18,19). The number of fused-ring (bicyclic) bond motifs is 1. The summed E-state index contributed by atoms with van der Waals surface area (Å²) >= 11 is 6.14. The number of aryl methyl sites for hydroxylation is 1. The van der Waals surface area contributed by atoms with Crippen molar-refractivity contribution < 1.29 is 5.21 Å². The molecule has 1 aliphatic rings. The van der Waals surface area contributed by atoms with Crippen LogP contribution in [0.5, 0.6) is 0 Å². The van der Waals surface area contributed by atoms with Crippen molar-refractivity contribution in [2.75, 3.05) is 11.4 Å². The normalized spacial score (nSPS) is 14.9. The fourth-order valence-corrected chi connectivity index (χ4v) is 2.95. The lowest BCUT2D eigenvalue weighted by Crippen LogP contribution is -2.27. The molecule has 1 heterocycles. The zero-order valence-corrected chi connectivity index (χ0v) is 12.2. The number of benzene rings is 2. The molecule has 0 aliphatic carbocycles. The minimum atomic E-state index is 0.0877. The van der Waals surface area contributed by atoms with Crippen molar-refractivity contribution in [1.82, 2.24) is 0 Å². The molecule has 0 atom stereocenters. The summed E-state index contributed by atoms with van der Waals surface area (Å²) in [4.78, 5) is 2.18. The van der Waals surface area contributed by atoms with E-state index < -0.39 is 0 Å². The van der Waals surface area contributed by atoms with Gasteiger partial charge in [0.15, 0.2) is 5.84 Å². The molecule has 0 amide bonds. The van der Waals surface area contributed by atoms with Gasteiger partial charge in [-0.3, -0.25) is 0 Å². The van der Waals surface area contributed by atoms with E-state index in [-0.39, 0.29) is 5.84 Å². The maximum atomic E-state index is 8.99. The van der Waals surface area contributed by atoms with Gasteiger partial charge in [-0.1, -0.05) is 35.0 Å². The van der Waals surface area contributed by atoms with Gasteiger partial charge in [0.05, 0.1) is 5.69 Å². The topological polar surface area (TPSA) is 61.9 Å². The lowest BCUT2D eigenvalue weighted by atomic mass is 10.00. The van der Waals surface area contributed by atoms with Crippen molar-refractivity contribution in [3.8, 4) is 0 Å². The summed E-state index contributed by atoms with van der Waals surface area (Å²) in [7, 11) is 0. The molecule has 0 saturated heterocycles. The van der Waals surface area contributed by atoms with E-state index in [1.807, 2.05) is 18.2 Å². The van der Waals surface area contributed by atoms with Crippen molar-refractivity contribution in [3.05, 3.63) is 58.6 Å². The molecule has 3 N–H and O–H groups in total. The van der Waals surface area contributed by atoms with Crippen LogP contribution in [0.1, 0.15) is 17.5 Å². The first-order chi connectivity index (χ1) is 10.2. The van der Waals surface area contributed by atoms with Crippen LogP contribution in [0.4, 0.5) is 11.4 Å². The molecule has 0 saturated carbocycles. The van der Waals surface area contributed by atoms with E-state index >= 15 is 0 Å². The van der Waals surface area contributed by atoms with Crippen LogP contribution in [-0.4, -0.2) is 17.6 Å². The average Bonchev–Trinajstić information content (AvgIpc) is 2.53. The van der Waals surface area contributed by atoms with E-state index in [2.05, 4.69) is 22.2 Å². The largest absolute Gasteiger partial charge is 0.409 e. The predicted molar refractivity (Wildman–Crippen MR) is 85.7 cm³/mol. The van der Waals surface area contributed by atoms with Crippen LogP contribution in [-0.2, 0) is 6.42 Å². The first-order valence-electron chi connectivity index (χ1n) is 6.83. The first-order valence-corrected chi connectivity index (χ1v) is 7.21. The van der Waals surface area contributed by atoms with Crippen LogP contribution in [0.25, 0.3) is 0 Å². The second-order valence-electron chi connectivity index (χ2n) is 5.03. The van der Waals surface area contributed by atoms with Crippen LogP contribution in [0.2, 0.25) is 5.02 Å². The van der Waals surface area contributed by atoms with E-state index in [1.54, 1.807) is 12.1 Å². The number of nitrogens with zero attached hydrogens (tertiary/aromatic N) is 2. The quantitative estimate of drug-likeness (QED) is 0.386. The molecule has 0 fully saturated rings. The monoisotopic (exact) mass is 301 g/mol. The number of oxime groups is 1. The molecule has 0 unspecified atom stereocenters. The Balaban J connectivity index is 2.15. The molecular weight excluding hydrogens is 286 g/mol. The van der Waals surface area contributed by atoms with Crippen LogP contribution < -0.4 is 10.6 Å². The minimum absolute atomic E-state index is 0.0877. The fraction of sp³-hybridized carbons (Fsp3) is 0.188. The number of hydrogen-bond acceptors (Lipinski definition) is 3. The van der Waals surface area contributed by atoms with Crippen molar-refractivity contribution in [2.24, 2.45) is 10.9 Å². The Hall–Kier alpha value is -2.20. The van der Waals surface area contributed by atoms with Crippen molar-refractivity contribution in [3.63, 3.8) is 0 Å². The van der Waals surface area contributed by atoms with Crippen LogP contribution in [0.3, 0.4) is 0 Å². The van der Waals surface area contributed by atoms with Gasteiger partial charge >= 0.3 is 0 Å². The van der Waals surface area contributed by atoms with Gasteiger partial charge in [0.1, 0.15) is 0 Å². The molecule has 0 spiro atoms. The van der Waals surface area contributed by atoms with Gasteiger partial charge in [0, 0.05) is 22.8 Å². The van der Waals surface area contributed by atoms with Crippen LogP contribution in [0, 0.1) is 0 Å². The molecule has 21 heavy (non-hydrogen) atoms. The summed E-state index contributed by atoms with van der Waals surface area (Å²) in [5.74, 6) is 0.0877. The SMILES string of the molecule is NC(=NO)c1ccc(Cl)cc1N1CCCc2ccccc21. The van der Waals surface area contributed by atoms with Crippen LogP contribution in [0.15, 0.2) is 47.6 Å². The zero-order chi connectivity index (χ0) is 14.8. The maximum absolute atomic E-state index is 8.99. The minimum Gasteiger partial charge on any atom is -0.409 e. The predicted octanol–water partition coefficient (Wildman–Crippen LogP) is 3.52. The van der Waals surface area contributed by atoms with Crippen molar-refractivity contribution >= 4 is 28.8 Å². The second kappa shape index (κ2) is 5.66. The van der Waals surface area contributed by atoms with Gasteiger partial charge in [-0.2, -0.15) is 0 Å². The Morgan fingerprint density at radius 2 is 2.00 bits per heavy atom. The van der Waals surface area contributed by atoms with Gasteiger partial charge in [-0.15, -0.1) is 0 Å². The highest BCUT2D eigenvalue weighted by Gasteiger charge is 2.21. The Morgan fingerprint density at radius 3 is 2.81 bits per heavy atom. The first kappa shape index (κ1) is 13.8. The van der Waals surface area contributed by atoms with Gasteiger partial charge in [-0.05, 0) is 42.7 Å². The summed E-state index contributed by atoms with van der Waals surface area (Å²) in [6.45, 7) is 0.878. The summed E-state index contributed by atoms with van der Waals surface area (Å²) in [6.07, 6.45) is 2.12. The number of rotatable bonds is 2. The molecule has 2 aromatic rings. The highest BCUT2D eigenvalue weighted by atomic mass is 35.5. The molecule has 3 rings (SSSR count). The van der Waals surface area contributed by atoms with Gasteiger partial charge in [0.2, 0.25) is 0 Å². The van der Waals surface area contributed by atoms with E-state index in [4.69, 9.17) is 22.5 Å². The molecule has 0 bridgehead atoms. The molecule has 0 radical (unpaired) electrons. The van der Waals surface area contributed by atoms with Crippen LogP contribution >= 0.6 is 11.6 Å². The molecule has 1 aliphatic heterocycles. The average molecular weight is 302 g/mol. The van der Waals surface area contributed by atoms with Crippen molar-refractivity contribution in [1.29, 1.82) is 0 Å². The third-order valence-electron chi connectivity index (χ3n) is 3.74. The second-order valence-corrected chi connectivity index (χ2v) is 5.47. The molecule has 108 valence electrons. The number of amidine groups is 1. The van der Waals surface area contributed by atoms with E-state index in [0.717, 1.165) is 30.8 Å². The zero-order valence-electron chi connectivity index (χ0n) is 11.5. The van der Waals surface area contributed by atoms with Gasteiger partial charge in [0.25, 0.3) is 0 Å². The van der Waals surface area contributed by atoms with Crippen molar-refractivity contribution in [2.45, 2.75) is 12.8 Å². The molecule has 2 aromatic carbocycles. The summed E-state index contributed by atoms with van der Waals surface area (Å²) in [5.41, 5.74) is 9.80. The highest BCUT2D eigenvalue weighted by molar-refractivity contribution is 6.31. The third-order valence-corrected chi connectivity index (χ3v) is 3.98. The number of anilines is 2. The lowest BCUT2D eigenvalue weighted by molar-refractivity contribution is 0.318. The smallest absolute Gasteiger partial charge is 0.172 e. The maximum Gasteiger partial charge on any atom is 0.172 e.